The van der Waals surface area contributed by atoms with E-state index >= 15 is 0 Å². The number of terminal acetylenes is 1. The van der Waals surface area contributed by atoms with Crippen molar-refractivity contribution in [2.45, 2.75) is 123 Å². The summed E-state index contributed by atoms with van der Waals surface area (Å²) in [6.07, 6.45) is 6.94. The maximum Gasteiger partial charge on any atom is 0.192 e. The molecule has 0 aliphatic rings. The van der Waals surface area contributed by atoms with Crippen molar-refractivity contribution < 1.29 is 23.1 Å². The van der Waals surface area contributed by atoms with Crippen LogP contribution in [0.5, 0.6) is 5.75 Å². The van der Waals surface area contributed by atoms with Crippen LogP contribution in [-0.4, -0.2) is 48.3 Å². The fourth-order valence-corrected chi connectivity index (χ4v) is 6.07. The highest BCUT2D eigenvalue weighted by molar-refractivity contribution is 6.74. The van der Waals surface area contributed by atoms with Crippen molar-refractivity contribution in [3.63, 3.8) is 0 Å². The minimum absolute atomic E-state index is 0.00756. The van der Waals surface area contributed by atoms with E-state index in [9.17, 15) is 4.79 Å². The third-order valence-electron chi connectivity index (χ3n) is 8.41. The second-order valence-corrected chi connectivity index (χ2v) is 23.0. The van der Waals surface area contributed by atoms with Gasteiger partial charge < -0.3 is 18.3 Å². The molecule has 0 spiro atoms. The molecule has 1 aromatic rings. The van der Waals surface area contributed by atoms with Crippen molar-refractivity contribution in [3.8, 4) is 18.1 Å². The Morgan fingerprint density at radius 2 is 1.53 bits per heavy atom. The maximum atomic E-state index is 12.8. The first-order chi connectivity index (χ1) is 17.3. The molecule has 38 heavy (non-hydrogen) atoms. The van der Waals surface area contributed by atoms with Crippen molar-refractivity contribution in [2.24, 2.45) is 5.92 Å². The number of rotatable bonds is 15. The van der Waals surface area contributed by atoms with Crippen LogP contribution in [0.15, 0.2) is 24.3 Å². The Labute approximate surface area is 235 Å². The minimum atomic E-state index is -2.17. The summed E-state index contributed by atoms with van der Waals surface area (Å²) in [5.41, 5.74) is 1.06. The van der Waals surface area contributed by atoms with E-state index in [-0.39, 0.29) is 34.0 Å². The van der Waals surface area contributed by atoms with Gasteiger partial charge in [-0.1, -0.05) is 53.7 Å². The van der Waals surface area contributed by atoms with E-state index in [0.717, 1.165) is 17.7 Å². The monoisotopic (exact) mass is 562 g/mol. The summed E-state index contributed by atoms with van der Waals surface area (Å²) < 4.78 is 25.2. The quantitative estimate of drug-likeness (QED) is 0.160. The van der Waals surface area contributed by atoms with Crippen LogP contribution in [0.25, 0.3) is 0 Å². The number of Topliss-reactive ketones (excluding diaryl/α,β-unsaturated/α-hetero) is 1. The van der Waals surface area contributed by atoms with Gasteiger partial charge in [-0.2, -0.15) is 0 Å². The van der Waals surface area contributed by atoms with Gasteiger partial charge in [-0.3, -0.25) is 4.79 Å². The van der Waals surface area contributed by atoms with Gasteiger partial charge in [-0.15, -0.1) is 12.3 Å². The first-order valence-corrected chi connectivity index (χ1v) is 19.7. The van der Waals surface area contributed by atoms with Crippen LogP contribution >= 0.6 is 0 Å². The summed E-state index contributed by atoms with van der Waals surface area (Å²) >= 11 is 0. The Hall–Kier alpha value is -1.44. The molecule has 7 heteroatoms. The molecule has 1 rings (SSSR count). The highest BCUT2D eigenvalue weighted by Crippen LogP contribution is 2.40. The van der Waals surface area contributed by atoms with Crippen molar-refractivity contribution in [1.29, 1.82) is 0 Å². The summed E-state index contributed by atoms with van der Waals surface area (Å²) in [6, 6.07) is 7.91. The predicted octanol–water partition coefficient (Wildman–Crippen LogP) is 8.00. The third-order valence-corrected chi connectivity index (χ3v) is 17.5. The van der Waals surface area contributed by atoms with Crippen molar-refractivity contribution in [3.05, 3.63) is 29.8 Å². The molecule has 0 aromatic heterocycles. The molecule has 5 nitrogen and oxygen atoms in total. The lowest BCUT2D eigenvalue weighted by molar-refractivity contribution is -0.124. The molecule has 3 atom stereocenters. The molecule has 0 aliphatic heterocycles. The lowest BCUT2D eigenvalue weighted by Crippen LogP contribution is -2.48. The molecule has 0 aliphatic carbocycles. The number of methoxy groups -OCH3 is 1. The van der Waals surface area contributed by atoms with Crippen molar-refractivity contribution in [1.82, 2.24) is 0 Å². The number of carbonyl (C=O) groups excluding carboxylic acids is 1. The van der Waals surface area contributed by atoms with Crippen LogP contribution in [0.4, 0.5) is 0 Å². The number of carbonyl (C=O) groups is 1. The highest BCUT2D eigenvalue weighted by Gasteiger charge is 2.42. The number of ether oxygens (including phenoxy) is 2. The molecule has 216 valence electrons. The van der Waals surface area contributed by atoms with E-state index < -0.39 is 16.6 Å². The summed E-state index contributed by atoms with van der Waals surface area (Å²) in [6.45, 7) is 25.1. The number of hydrogen-bond donors (Lipinski definition) is 0. The van der Waals surface area contributed by atoms with E-state index in [1.165, 1.54) is 0 Å². The first-order valence-electron chi connectivity index (χ1n) is 13.8. The Morgan fingerprint density at radius 3 is 1.97 bits per heavy atom. The maximum absolute atomic E-state index is 12.8. The van der Waals surface area contributed by atoms with Gasteiger partial charge in [-0.25, -0.2) is 0 Å². The van der Waals surface area contributed by atoms with Gasteiger partial charge in [0.1, 0.15) is 11.5 Å². The Balaban J connectivity index is 3.22. The molecule has 0 amide bonds. The van der Waals surface area contributed by atoms with Crippen LogP contribution in [0.1, 0.15) is 73.3 Å². The molecule has 0 heterocycles. The average Bonchev–Trinajstić information content (AvgIpc) is 2.78. The number of hydrogen-bond acceptors (Lipinski definition) is 5. The fraction of sp³-hybridized carbons (Fsp3) is 0.710. The van der Waals surface area contributed by atoms with E-state index in [1.54, 1.807) is 14.0 Å². The summed E-state index contributed by atoms with van der Waals surface area (Å²) in [4.78, 5) is 12.8. The Kier molecular flexibility index (Phi) is 13.0. The highest BCUT2D eigenvalue weighted by atomic mass is 28.4. The first kappa shape index (κ1) is 34.6. The van der Waals surface area contributed by atoms with Crippen LogP contribution in [0.2, 0.25) is 36.3 Å². The lowest BCUT2D eigenvalue weighted by Gasteiger charge is -2.42. The van der Waals surface area contributed by atoms with Crippen LogP contribution in [-0.2, 0) is 25.0 Å². The van der Waals surface area contributed by atoms with Crippen LogP contribution in [0.3, 0.4) is 0 Å². The summed E-state index contributed by atoms with van der Waals surface area (Å²) in [5, 5.41) is 0.139. The van der Waals surface area contributed by atoms with Gasteiger partial charge in [0.25, 0.3) is 0 Å². The van der Waals surface area contributed by atoms with Gasteiger partial charge in [-0.05, 0) is 73.7 Å². The second-order valence-electron chi connectivity index (χ2n) is 13.5. The zero-order chi connectivity index (χ0) is 29.4. The second kappa shape index (κ2) is 14.3. The lowest BCUT2D eigenvalue weighted by atomic mass is 9.90. The van der Waals surface area contributed by atoms with E-state index in [0.29, 0.717) is 26.1 Å². The SMILES string of the molecule is C#CC[C@@H](C(C)=O)[C@H](C[C@@H](CCO[Si](C)(C)C(C)(C)C)OCc1ccc(OC)cc1)O[Si](C)(C)C(C)(C)C. The normalized spacial score (nSPS) is 15.4. The zero-order valence-electron chi connectivity index (χ0n) is 26.2. The molecule has 0 bridgehead atoms. The predicted molar refractivity (Wildman–Crippen MR) is 164 cm³/mol. The molecule has 0 fully saturated rings. The standard InChI is InChI=1S/C31H54O5Si2/c1-14-15-28(24(2)32)29(36-38(12,13)31(6,7)8)22-27(20-21-35-37(10,11)30(3,4)5)34-23-25-16-18-26(33-9)19-17-25/h1,16-19,27-29H,15,20-23H2,2-13H3/t27-,28+,29+/m1/s1. The van der Waals surface area contributed by atoms with Gasteiger partial charge in [0.15, 0.2) is 16.6 Å². The van der Waals surface area contributed by atoms with Crippen molar-refractivity contribution >= 4 is 22.4 Å². The molecule has 0 N–H and O–H groups in total. The molecule has 1 aromatic carbocycles. The smallest absolute Gasteiger partial charge is 0.192 e. The van der Waals surface area contributed by atoms with Crippen LogP contribution in [0, 0.1) is 18.3 Å². The molecule has 0 radical (unpaired) electrons. The van der Waals surface area contributed by atoms with E-state index in [2.05, 4.69) is 73.7 Å². The van der Waals surface area contributed by atoms with E-state index in [4.69, 9.17) is 24.7 Å². The van der Waals surface area contributed by atoms with Crippen molar-refractivity contribution in [2.75, 3.05) is 13.7 Å². The van der Waals surface area contributed by atoms with E-state index in [1.807, 2.05) is 24.3 Å². The largest absolute Gasteiger partial charge is 0.497 e. The van der Waals surface area contributed by atoms with Gasteiger partial charge in [0.05, 0.1) is 31.8 Å². The van der Waals surface area contributed by atoms with Gasteiger partial charge >= 0.3 is 0 Å². The molecular weight excluding hydrogens is 509 g/mol. The molecular formula is C31H54O5Si2. The summed E-state index contributed by atoms with van der Waals surface area (Å²) in [5.74, 6) is 3.24. The number of ketones is 1. The molecule has 0 saturated carbocycles. The topological polar surface area (TPSA) is 54.0 Å². The van der Waals surface area contributed by atoms with Gasteiger partial charge in [0, 0.05) is 13.0 Å². The Bertz CT molecular complexity index is 904. The van der Waals surface area contributed by atoms with Crippen LogP contribution < -0.4 is 4.74 Å². The number of benzene rings is 1. The van der Waals surface area contributed by atoms with Gasteiger partial charge in [0.2, 0.25) is 0 Å². The summed E-state index contributed by atoms with van der Waals surface area (Å²) in [7, 11) is -2.41. The average molecular weight is 563 g/mol. The third kappa shape index (κ3) is 10.6. The minimum Gasteiger partial charge on any atom is -0.497 e. The molecule has 0 unspecified atom stereocenters. The zero-order valence-corrected chi connectivity index (χ0v) is 28.2. The Morgan fingerprint density at radius 1 is 0.974 bits per heavy atom. The molecule has 0 saturated heterocycles. The fourth-order valence-electron chi connectivity index (χ4n) is 3.64.